The molecule has 0 aromatic heterocycles. The predicted molar refractivity (Wildman–Crippen MR) is 106 cm³/mol. The summed E-state index contributed by atoms with van der Waals surface area (Å²) in [6, 6.07) is 7.02. The average molecular weight is 397 g/mol. The minimum Gasteiger partial charge on any atom is -0.491 e. The minimum atomic E-state index is -0.774. The summed E-state index contributed by atoms with van der Waals surface area (Å²) in [6.45, 7) is 0.628. The molecule has 6 heteroatoms. The van der Waals surface area contributed by atoms with E-state index in [0.717, 1.165) is 25.7 Å². The van der Waals surface area contributed by atoms with Gasteiger partial charge in [-0.2, -0.15) is 0 Å². The molecule has 2 rings (SSSR count). The maximum atomic E-state index is 10.1. The zero-order valence-electron chi connectivity index (χ0n) is 15.4. The summed E-state index contributed by atoms with van der Waals surface area (Å²) in [6.07, 6.45) is 9.40. The third-order valence-electron chi connectivity index (χ3n) is 4.48. The zero-order chi connectivity index (χ0) is 19.5. The fraction of sp³-hybridized carbons (Fsp3) is 0.524. The molecule has 0 unspecified atom stereocenters. The molecule has 1 aliphatic heterocycles. The van der Waals surface area contributed by atoms with Gasteiger partial charge in [-0.05, 0) is 43.9 Å². The maximum absolute atomic E-state index is 10.1. The Labute approximate surface area is 165 Å². The minimum absolute atomic E-state index is 0.00444. The molecule has 0 radical (unpaired) electrons. The Balaban J connectivity index is 1.76. The molecular weight excluding hydrogens is 368 g/mol. The van der Waals surface area contributed by atoms with Crippen molar-refractivity contribution in [2.75, 3.05) is 19.8 Å². The van der Waals surface area contributed by atoms with E-state index in [1.54, 1.807) is 30.3 Å². The topological polar surface area (TPSA) is 79.2 Å². The lowest BCUT2D eigenvalue weighted by atomic mass is 9.93. The Morgan fingerprint density at radius 2 is 2.11 bits per heavy atom. The second kappa shape index (κ2) is 12.2. The summed E-state index contributed by atoms with van der Waals surface area (Å²) in [4.78, 5) is 0. The van der Waals surface area contributed by atoms with E-state index in [9.17, 15) is 10.2 Å². The highest BCUT2D eigenvalue weighted by Crippen LogP contribution is 2.27. The number of benzene rings is 1. The molecule has 4 atom stereocenters. The van der Waals surface area contributed by atoms with Gasteiger partial charge in [0.15, 0.2) is 0 Å². The molecule has 1 aromatic rings. The molecule has 0 bridgehead atoms. The van der Waals surface area contributed by atoms with Gasteiger partial charge < -0.3 is 24.8 Å². The highest BCUT2D eigenvalue weighted by Gasteiger charge is 2.33. The van der Waals surface area contributed by atoms with Gasteiger partial charge >= 0.3 is 0 Å². The summed E-state index contributed by atoms with van der Waals surface area (Å²) in [5, 5.41) is 29.6. The van der Waals surface area contributed by atoms with Gasteiger partial charge in [0, 0.05) is 17.5 Å². The summed E-state index contributed by atoms with van der Waals surface area (Å²) >= 11 is 5.90. The number of rotatable bonds is 11. The third-order valence-corrected chi connectivity index (χ3v) is 4.71. The number of allylic oxidation sites excluding steroid dienone is 2. The van der Waals surface area contributed by atoms with E-state index in [2.05, 4.69) is 12.2 Å². The van der Waals surface area contributed by atoms with Crippen molar-refractivity contribution in [1.29, 1.82) is 0 Å². The van der Waals surface area contributed by atoms with Gasteiger partial charge in [0.05, 0.1) is 18.8 Å². The predicted octanol–water partition coefficient (Wildman–Crippen LogP) is 3.12. The fourth-order valence-corrected chi connectivity index (χ4v) is 3.18. The fourth-order valence-electron chi connectivity index (χ4n) is 3.00. The van der Waals surface area contributed by atoms with Crippen molar-refractivity contribution in [2.45, 2.75) is 44.0 Å². The van der Waals surface area contributed by atoms with E-state index in [1.807, 2.05) is 6.08 Å². The molecule has 0 spiro atoms. The van der Waals surface area contributed by atoms with Crippen LogP contribution in [0.15, 0.2) is 48.6 Å². The number of hydrogen-bond acceptors (Lipinski definition) is 5. The average Bonchev–Trinajstić information content (AvgIpc) is 3.01. The van der Waals surface area contributed by atoms with Crippen LogP contribution in [0, 0.1) is 5.92 Å². The van der Waals surface area contributed by atoms with Crippen LogP contribution >= 0.6 is 11.6 Å². The number of aliphatic hydroxyl groups excluding tert-OH is 3. The molecule has 3 N–H and O–H groups in total. The Morgan fingerprint density at radius 1 is 1.30 bits per heavy atom. The quantitative estimate of drug-likeness (QED) is 0.395. The van der Waals surface area contributed by atoms with Crippen molar-refractivity contribution in [1.82, 2.24) is 0 Å². The summed E-state index contributed by atoms with van der Waals surface area (Å²) in [7, 11) is 0. The first kappa shape index (κ1) is 21.9. The van der Waals surface area contributed by atoms with Crippen LogP contribution < -0.4 is 4.74 Å². The standard InChI is InChI=1S/C21H29ClO5/c22-16-7-6-8-18(13-16)26-14-17(24)10-11-21-19(20(25)15-27-21)9-4-2-1-3-5-12-23/h1-2,6-8,10-11,13,17,19-21,23-25H,3-5,9,12,14-15H2/t17-,19+,20+,21-/m1/s1. The second-order valence-electron chi connectivity index (χ2n) is 6.66. The first-order valence-corrected chi connectivity index (χ1v) is 9.78. The van der Waals surface area contributed by atoms with Crippen LogP contribution in [0.5, 0.6) is 5.75 Å². The van der Waals surface area contributed by atoms with E-state index in [4.69, 9.17) is 26.2 Å². The van der Waals surface area contributed by atoms with E-state index in [0.29, 0.717) is 17.4 Å². The van der Waals surface area contributed by atoms with Gasteiger partial charge in [0.25, 0.3) is 0 Å². The molecule has 0 amide bonds. The third kappa shape index (κ3) is 8.03. The van der Waals surface area contributed by atoms with Crippen molar-refractivity contribution < 1.29 is 24.8 Å². The van der Waals surface area contributed by atoms with Crippen LogP contribution in [-0.4, -0.2) is 53.5 Å². The van der Waals surface area contributed by atoms with E-state index < -0.39 is 12.2 Å². The molecule has 1 saturated heterocycles. The molecule has 1 aromatic carbocycles. The normalized spacial score (nSPS) is 24.1. The number of ether oxygens (including phenoxy) is 2. The maximum Gasteiger partial charge on any atom is 0.120 e. The highest BCUT2D eigenvalue weighted by atomic mass is 35.5. The van der Waals surface area contributed by atoms with Crippen molar-refractivity contribution in [2.24, 2.45) is 5.92 Å². The first-order valence-electron chi connectivity index (χ1n) is 9.40. The van der Waals surface area contributed by atoms with Gasteiger partial charge in [-0.3, -0.25) is 0 Å². The summed E-state index contributed by atoms with van der Waals surface area (Å²) < 4.78 is 11.2. The van der Waals surface area contributed by atoms with Gasteiger partial charge in [-0.1, -0.05) is 42.0 Å². The Morgan fingerprint density at radius 3 is 2.89 bits per heavy atom. The molecular formula is C21H29ClO5. The van der Waals surface area contributed by atoms with Crippen molar-refractivity contribution in [3.63, 3.8) is 0 Å². The van der Waals surface area contributed by atoms with Crippen molar-refractivity contribution in [3.05, 3.63) is 53.6 Å². The van der Waals surface area contributed by atoms with E-state index in [1.165, 1.54) is 0 Å². The lowest BCUT2D eigenvalue weighted by Crippen LogP contribution is -2.23. The molecule has 150 valence electrons. The first-order chi connectivity index (χ1) is 13.1. The van der Waals surface area contributed by atoms with Crippen LogP contribution in [0.4, 0.5) is 0 Å². The SMILES string of the molecule is OCCCC=CCC[C@H]1[C@@H](O)CO[C@@H]1C=C[C@@H](O)COc1cccc(Cl)c1. The van der Waals surface area contributed by atoms with Crippen LogP contribution in [0.2, 0.25) is 5.02 Å². The second-order valence-corrected chi connectivity index (χ2v) is 7.10. The Kier molecular flexibility index (Phi) is 9.87. The molecule has 27 heavy (non-hydrogen) atoms. The molecule has 1 aliphatic rings. The van der Waals surface area contributed by atoms with Gasteiger partial charge in [-0.15, -0.1) is 0 Å². The van der Waals surface area contributed by atoms with E-state index in [-0.39, 0.29) is 25.2 Å². The monoisotopic (exact) mass is 396 g/mol. The van der Waals surface area contributed by atoms with Gasteiger partial charge in [-0.25, -0.2) is 0 Å². The Bertz CT molecular complexity index is 604. The summed E-state index contributed by atoms with van der Waals surface area (Å²) in [5.41, 5.74) is 0. The van der Waals surface area contributed by atoms with E-state index >= 15 is 0 Å². The smallest absolute Gasteiger partial charge is 0.120 e. The largest absolute Gasteiger partial charge is 0.491 e. The van der Waals surface area contributed by atoms with Crippen LogP contribution in [0.25, 0.3) is 0 Å². The van der Waals surface area contributed by atoms with Crippen molar-refractivity contribution >= 4 is 11.6 Å². The number of hydrogen-bond donors (Lipinski definition) is 3. The Hall–Kier alpha value is -1.37. The molecule has 0 saturated carbocycles. The lowest BCUT2D eigenvalue weighted by molar-refractivity contribution is 0.106. The highest BCUT2D eigenvalue weighted by molar-refractivity contribution is 6.30. The molecule has 1 fully saturated rings. The van der Waals surface area contributed by atoms with Crippen LogP contribution in [0.3, 0.4) is 0 Å². The lowest BCUT2D eigenvalue weighted by Gasteiger charge is -2.17. The summed E-state index contributed by atoms with van der Waals surface area (Å²) in [5.74, 6) is 0.609. The van der Waals surface area contributed by atoms with Crippen LogP contribution in [0.1, 0.15) is 25.7 Å². The van der Waals surface area contributed by atoms with Crippen LogP contribution in [-0.2, 0) is 4.74 Å². The molecule has 0 aliphatic carbocycles. The number of halogens is 1. The zero-order valence-corrected chi connectivity index (χ0v) is 16.2. The van der Waals surface area contributed by atoms with Gasteiger partial charge in [0.1, 0.15) is 18.5 Å². The molecule has 1 heterocycles. The number of unbranched alkanes of at least 4 members (excludes halogenated alkanes) is 1. The van der Waals surface area contributed by atoms with Gasteiger partial charge in [0.2, 0.25) is 0 Å². The van der Waals surface area contributed by atoms with Crippen molar-refractivity contribution in [3.8, 4) is 5.75 Å². The molecule has 5 nitrogen and oxygen atoms in total. The number of aliphatic hydroxyl groups is 3.